The lowest BCUT2D eigenvalue weighted by Gasteiger charge is -2.09. The van der Waals surface area contributed by atoms with Crippen molar-refractivity contribution in [2.75, 3.05) is 19.0 Å². The van der Waals surface area contributed by atoms with Crippen molar-refractivity contribution in [3.05, 3.63) is 99.6 Å². The fraction of sp³-hybridized carbons (Fsp3) is 0.0870. The second-order valence-corrected chi connectivity index (χ2v) is 6.54. The molecule has 9 nitrogen and oxygen atoms in total. The number of methoxy groups -OCH3 is 1. The summed E-state index contributed by atoms with van der Waals surface area (Å²) >= 11 is 0. The molecule has 0 saturated heterocycles. The van der Waals surface area contributed by atoms with Crippen LogP contribution in [0.5, 0.6) is 5.75 Å². The normalized spacial score (nSPS) is 10.2. The quantitative estimate of drug-likeness (QED) is 0.247. The van der Waals surface area contributed by atoms with Gasteiger partial charge in [-0.2, -0.15) is 0 Å². The molecule has 0 aliphatic carbocycles. The van der Waals surface area contributed by atoms with Crippen LogP contribution in [0.3, 0.4) is 0 Å². The van der Waals surface area contributed by atoms with E-state index >= 15 is 0 Å². The molecule has 0 spiro atoms. The molecule has 1 amide bonds. The molecule has 3 aromatic carbocycles. The Morgan fingerprint density at radius 1 is 0.906 bits per heavy atom. The molecule has 0 aliphatic rings. The molecule has 0 unspecified atom stereocenters. The minimum Gasteiger partial charge on any atom is -0.478 e. The molecular formula is C23H18N2O7. The number of anilines is 1. The van der Waals surface area contributed by atoms with Crippen LogP contribution in [0.15, 0.2) is 72.8 Å². The average molecular weight is 434 g/mol. The molecule has 0 heterocycles. The highest BCUT2D eigenvalue weighted by molar-refractivity contribution is 6.04. The van der Waals surface area contributed by atoms with Crippen molar-refractivity contribution in [1.82, 2.24) is 0 Å². The van der Waals surface area contributed by atoms with Gasteiger partial charge in [-0.15, -0.1) is 0 Å². The number of nitro groups is 1. The smallest absolute Gasteiger partial charge is 0.338 e. The molecule has 0 bridgehead atoms. The number of rotatable bonds is 8. The monoisotopic (exact) mass is 434 g/mol. The number of nitro benzene ring substituents is 1. The number of esters is 1. The van der Waals surface area contributed by atoms with Crippen LogP contribution < -0.4 is 10.1 Å². The predicted molar refractivity (Wildman–Crippen MR) is 115 cm³/mol. The molecule has 3 rings (SSSR count). The Kier molecular flexibility index (Phi) is 6.92. The van der Waals surface area contributed by atoms with Gasteiger partial charge in [0.25, 0.3) is 5.91 Å². The zero-order valence-corrected chi connectivity index (χ0v) is 16.9. The van der Waals surface area contributed by atoms with Gasteiger partial charge in [-0.05, 0) is 48.5 Å². The van der Waals surface area contributed by atoms with Gasteiger partial charge in [0.1, 0.15) is 0 Å². The third kappa shape index (κ3) is 5.33. The van der Waals surface area contributed by atoms with E-state index < -0.39 is 29.0 Å². The average Bonchev–Trinajstić information content (AvgIpc) is 2.82. The first-order valence-corrected chi connectivity index (χ1v) is 9.38. The van der Waals surface area contributed by atoms with Gasteiger partial charge >= 0.3 is 11.7 Å². The highest BCUT2D eigenvalue weighted by Gasteiger charge is 2.20. The number of amides is 1. The predicted octanol–water partition coefficient (Wildman–Crippen LogP) is 3.90. The second kappa shape index (κ2) is 9.98. The third-order valence-corrected chi connectivity index (χ3v) is 4.44. The Balaban J connectivity index is 1.64. The Morgan fingerprint density at radius 2 is 1.56 bits per heavy atom. The zero-order chi connectivity index (χ0) is 23.1. The first-order valence-electron chi connectivity index (χ1n) is 9.38. The minimum atomic E-state index is -0.727. The molecule has 32 heavy (non-hydrogen) atoms. The van der Waals surface area contributed by atoms with E-state index in [1.54, 1.807) is 42.5 Å². The lowest BCUT2D eigenvalue weighted by atomic mass is 10.1. The topological polar surface area (TPSA) is 125 Å². The summed E-state index contributed by atoms with van der Waals surface area (Å²) in [6.07, 6.45) is 0. The molecular weight excluding hydrogens is 416 g/mol. The van der Waals surface area contributed by atoms with Crippen LogP contribution in [0.1, 0.15) is 31.1 Å². The third-order valence-electron chi connectivity index (χ3n) is 4.44. The van der Waals surface area contributed by atoms with Gasteiger partial charge in [0, 0.05) is 22.9 Å². The van der Waals surface area contributed by atoms with Crippen LogP contribution in [0, 0.1) is 10.1 Å². The van der Waals surface area contributed by atoms with Gasteiger partial charge < -0.3 is 14.8 Å². The number of benzene rings is 3. The fourth-order valence-corrected chi connectivity index (χ4v) is 2.79. The number of carbonyl (C=O) groups excluding carboxylic acids is 3. The lowest BCUT2D eigenvalue weighted by Crippen LogP contribution is -2.14. The molecule has 162 valence electrons. The molecule has 0 aliphatic heterocycles. The van der Waals surface area contributed by atoms with E-state index in [1.165, 1.54) is 24.3 Å². The van der Waals surface area contributed by atoms with E-state index in [-0.39, 0.29) is 17.2 Å². The van der Waals surface area contributed by atoms with Gasteiger partial charge in [0.15, 0.2) is 18.1 Å². The van der Waals surface area contributed by atoms with Crippen molar-refractivity contribution in [1.29, 1.82) is 0 Å². The van der Waals surface area contributed by atoms with E-state index in [0.717, 1.165) is 13.2 Å². The molecule has 0 radical (unpaired) electrons. The Bertz CT molecular complexity index is 1160. The van der Waals surface area contributed by atoms with Crippen LogP contribution in [0.25, 0.3) is 0 Å². The van der Waals surface area contributed by atoms with Gasteiger partial charge in [0.2, 0.25) is 0 Å². The first-order chi connectivity index (χ1) is 15.4. The van der Waals surface area contributed by atoms with Gasteiger partial charge in [-0.1, -0.05) is 18.2 Å². The summed E-state index contributed by atoms with van der Waals surface area (Å²) in [6, 6.07) is 18.4. The summed E-state index contributed by atoms with van der Waals surface area (Å²) in [5.41, 5.74) is 0.841. The summed E-state index contributed by atoms with van der Waals surface area (Å²) in [5.74, 6) is -1.58. The second-order valence-electron chi connectivity index (χ2n) is 6.54. The Morgan fingerprint density at radius 3 is 2.19 bits per heavy atom. The Hall–Kier alpha value is -4.53. The number of ether oxygens (including phenoxy) is 2. The number of Topliss-reactive ketones (excluding diaryl/α,β-unsaturated/α-hetero) is 1. The maximum absolute atomic E-state index is 12.4. The van der Waals surface area contributed by atoms with Crippen molar-refractivity contribution in [2.45, 2.75) is 0 Å². The zero-order valence-electron chi connectivity index (χ0n) is 16.9. The number of hydrogen-bond donors (Lipinski definition) is 1. The highest BCUT2D eigenvalue weighted by Crippen LogP contribution is 2.28. The summed E-state index contributed by atoms with van der Waals surface area (Å²) in [5, 5.41) is 14.0. The van der Waals surface area contributed by atoms with E-state index in [2.05, 4.69) is 10.1 Å². The van der Waals surface area contributed by atoms with E-state index in [9.17, 15) is 24.5 Å². The summed E-state index contributed by atoms with van der Waals surface area (Å²) in [6.45, 7) is -0.450. The number of nitrogens with one attached hydrogen (secondary N) is 1. The molecule has 0 saturated carbocycles. The van der Waals surface area contributed by atoms with Gasteiger partial charge in [-0.3, -0.25) is 19.7 Å². The number of ketones is 1. The van der Waals surface area contributed by atoms with E-state index in [4.69, 9.17) is 4.74 Å². The summed E-state index contributed by atoms with van der Waals surface area (Å²) in [4.78, 5) is 46.7. The molecule has 0 atom stereocenters. The van der Waals surface area contributed by atoms with E-state index in [1.807, 2.05) is 0 Å². The minimum absolute atomic E-state index is 0.00832. The molecule has 1 N–H and O–H groups in total. The van der Waals surface area contributed by atoms with Crippen molar-refractivity contribution in [2.24, 2.45) is 0 Å². The van der Waals surface area contributed by atoms with Crippen LogP contribution in [0.4, 0.5) is 11.4 Å². The molecule has 0 fully saturated rings. The summed E-state index contributed by atoms with van der Waals surface area (Å²) in [7, 11) is 1.16. The first kappa shape index (κ1) is 22.2. The maximum Gasteiger partial charge on any atom is 0.338 e. The van der Waals surface area contributed by atoms with Crippen molar-refractivity contribution in [3.63, 3.8) is 0 Å². The largest absolute Gasteiger partial charge is 0.478 e. The van der Waals surface area contributed by atoms with Crippen LogP contribution >= 0.6 is 0 Å². The standard InChI is InChI=1S/C23H18N2O7/c1-31-23(28)17-9-12-21(19(13-17)25(29)30)32-14-20(26)15-7-10-18(11-8-15)24-22(27)16-5-3-2-4-6-16/h2-13H,14H2,1H3,(H,24,27). The fourth-order valence-electron chi connectivity index (χ4n) is 2.79. The lowest BCUT2D eigenvalue weighted by molar-refractivity contribution is -0.385. The molecule has 9 heteroatoms. The van der Waals surface area contributed by atoms with Crippen molar-refractivity contribution >= 4 is 29.0 Å². The molecule has 3 aromatic rings. The maximum atomic E-state index is 12.4. The highest BCUT2D eigenvalue weighted by atomic mass is 16.6. The van der Waals surface area contributed by atoms with Gasteiger partial charge in [0.05, 0.1) is 17.6 Å². The summed E-state index contributed by atoms with van der Waals surface area (Å²) < 4.78 is 9.87. The Labute approximate surface area is 182 Å². The van der Waals surface area contributed by atoms with Crippen molar-refractivity contribution in [3.8, 4) is 5.75 Å². The number of nitrogens with zero attached hydrogens (tertiary/aromatic N) is 1. The van der Waals surface area contributed by atoms with E-state index in [0.29, 0.717) is 16.8 Å². The van der Waals surface area contributed by atoms with Crippen LogP contribution in [-0.2, 0) is 4.74 Å². The van der Waals surface area contributed by atoms with Crippen molar-refractivity contribution < 1.29 is 28.8 Å². The molecule has 0 aromatic heterocycles. The van der Waals surface area contributed by atoms with Gasteiger partial charge in [-0.25, -0.2) is 4.79 Å². The SMILES string of the molecule is COC(=O)c1ccc(OCC(=O)c2ccc(NC(=O)c3ccccc3)cc2)c([N+](=O)[O-])c1. The number of carbonyl (C=O) groups is 3. The van der Waals surface area contributed by atoms with Crippen LogP contribution in [0.2, 0.25) is 0 Å². The van der Waals surface area contributed by atoms with Crippen LogP contribution in [-0.4, -0.2) is 36.3 Å². The number of hydrogen-bond acceptors (Lipinski definition) is 7.